The summed E-state index contributed by atoms with van der Waals surface area (Å²) in [7, 11) is 0. The van der Waals surface area contributed by atoms with Crippen molar-refractivity contribution in [2.45, 2.75) is 12.5 Å². The van der Waals surface area contributed by atoms with Gasteiger partial charge in [-0.05, 0) is 23.8 Å². The number of nitrogens with two attached hydrogens (primary N) is 1. The molecule has 2 aromatic carbocycles. The predicted octanol–water partition coefficient (Wildman–Crippen LogP) is 4.02. The van der Waals surface area contributed by atoms with Gasteiger partial charge in [0.25, 0.3) is 0 Å². The van der Waals surface area contributed by atoms with E-state index in [1.54, 1.807) is 18.2 Å². The van der Waals surface area contributed by atoms with Gasteiger partial charge >= 0.3 is 0 Å². The number of rotatable bonds is 4. The number of hydrogen-bond donors (Lipinski definition) is 2. The summed E-state index contributed by atoms with van der Waals surface area (Å²) in [5.74, 6) is -0.203. The van der Waals surface area contributed by atoms with E-state index in [2.05, 4.69) is 5.32 Å². The average molecular weight is 309 g/mol. The smallest absolute Gasteiger partial charge is 0.226 e. The Balaban J connectivity index is 2.01. The SMILES string of the molecule is NC(CC(=O)Nc1cc(Cl)ccc1Cl)c1ccccc1. The van der Waals surface area contributed by atoms with E-state index in [4.69, 9.17) is 28.9 Å². The number of halogens is 2. The van der Waals surface area contributed by atoms with Crippen molar-refractivity contribution < 1.29 is 4.79 Å². The Morgan fingerprint density at radius 2 is 1.85 bits per heavy atom. The fourth-order valence-electron chi connectivity index (χ4n) is 1.81. The zero-order valence-electron chi connectivity index (χ0n) is 10.6. The minimum atomic E-state index is -0.353. The number of amides is 1. The van der Waals surface area contributed by atoms with Gasteiger partial charge in [0.2, 0.25) is 5.91 Å². The van der Waals surface area contributed by atoms with Gasteiger partial charge in [-0.25, -0.2) is 0 Å². The van der Waals surface area contributed by atoms with E-state index in [1.165, 1.54) is 0 Å². The largest absolute Gasteiger partial charge is 0.325 e. The maximum atomic E-state index is 12.0. The van der Waals surface area contributed by atoms with E-state index in [1.807, 2.05) is 30.3 Å². The van der Waals surface area contributed by atoms with Crippen molar-refractivity contribution in [3.63, 3.8) is 0 Å². The molecule has 0 fully saturated rings. The highest BCUT2D eigenvalue weighted by molar-refractivity contribution is 6.35. The van der Waals surface area contributed by atoms with Gasteiger partial charge in [-0.15, -0.1) is 0 Å². The van der Waals surface area contributed by atoms with Crippen molar-refractivity contribution in [1.29, 1.82) is 0 Å². The lowest BCUT2D eigenvalue weighted by atomic mass is 10.0. The summed E-state index contributed by atoms with van der Waals surface area (Å²) in [5.41, 5.74) is 7.40. The molecule has 0 aliphatic heterocycles. The Bertz CT molecular complexity index is 602. The Labute approximate surface area is 127 Å². The highest BCUT2D eigenvalue weighted by Crippen LogP contribution is 2.26. The third-order valence-electron chi connectivity index (χ3n) is 2.84. The van der Waals surface area contributed by atoms with E-state index in [0.717, 1.165) is 5.56 Å². The van der Waals surface area contributed by atoms with Crippen LogP contribution >= 0.6 is 23.2 Å². The maximum Gasteiger partial charge on any atom is 0.226 e. The summed E-state index contributed by atoms with van der Waals surface area (Å²) in [4.78, 5) is 12.0. The van der Waals surface area contributed by atoms with Crippen LogP contribution in [-0.2, 0) is 4.79 Å². The lowest BCUT2D eigenvalue weighted by Crippen LogP contribution is -2.20. The molecule has 0 saturated carbocycles. The fourth-order valence-corrected chi connectivity index (χ4v) is 2.15. The van der Waals surface area contributed by atoms with E-state index >= 15 is 0 Å². The Hall–Kier alpha value is -1.55. The molecule has 0 spiro atoms. The van der Waals surface area contributed by atoms with Crippen LogP contribution in [0.2, 0.25) is 10.0 Å². The molecule has 0 heterocycles. The standard InChI is InChI=1S/C15H14Cl2N2O/c16-11-6-7-12(17)14(8-11)19-15(20)9-13(18)10-4-2-1-3-5-10/h1-8,13H,9,18H2,(H,19,20). The number of benzene rings is 2. The minimum absolute atomic E-state index is 0.173. The molecule has 5 heteroatoms. The number of hydrogen-bond acceptors (Lipinski definition) is 2. The summed E-state index contributed by atoms with van der Waals surface area (Å²) >= 11 is 11.9. The molecular weight excluding hydrogens is 295 g/mol. The van der Waals surface area contributed by atoms with E-state index < -0.39 is 0 Å². The molecule has 0 aliphatic rings. The average Bonchev–Trinajstić information content (AvgIpc) is 2.43. The Morgan fingerprint density at radius 3 is 2.55 bits per heavy atom. The first-order chi connectivity index (χ1) is 9.56. The van der Waals surface area contributed by atoms with Crippen LogP contribution in [0.4, 0.5) is 5.69 Å². The molecule has 0 aromatic heterocycles. The van der Waals surface area contributed by atoms with Crippen LogP contribution in [0.3, 0.4) is 0 Å². The molecule has 0 radical (unpaired) electrons. The van der Waals surface area contributed by atoms with Crippen molar-refractivity contribution in [3.8, 4) is 0 Å². The van der Waals surface area contributed by atoms with Crippen LogP contribution in [0.1, 0.15) is 18.0 Å². The summed E-state index contributed by atoms with van der Waals surface area (Å²) in [5, 5.41) is 3.67. The van der Waals surface area contributed by atoms with E-state index in [-0.39, 0.29) is 18.4 Å². The number of anilines is 1. The molecule has 3 nitrogen and oxygen atoms in total. The lowest BCUT2D eigenvalue weighted by molar-refractivity contribution is -0.116. The van der Waals surface area contributed by atoms with Crippen LogP contribution in [0.5, 0.6) is 0 Å². The van der Waals surface area contributed by atoms with Crippen molar-refractivity contribution in [1.82, 2.24) is 0 Å². The molecule has 2 rings (SSSR count). The number of nitrogens with one attached hydrogen (secondary N) is 1. The molecule has 1 atom stereocenters. The third-order valence-corrected chi connectivity index (χ3v) is 3.40. The second kappa shape index (κ2) is 6.75. The summed E-state index contributed by atoms with van der Waals surface area (Å²) in [6, 6.07) is 14.0. The Kier molecular flexibility index (Phi) is 5.01. The zero-order valence-corrected chi connectivity index (χ0v) is 12.2. The summed E-state index contributed by atoms with van der Waals surface area (Å²) < 4.78 is 0. The van der Waals surface area contributed by atoms with Crippen LogP contribution in [0.25, 0.3) is 0 Å². The summed E-state index contributed by atoms with van der Waals surface area (Å²) in [6.07, 6.45) is 0.173. The number of carbonyl (C=O) groups is 1. The fraction of sp³-hybridized carbons (Fsp3) is 0.133. The van der Waals surface area contributed by atoms with Crippen LogP contribution in [0.15, 0.2) is 48.5 Å². The molecule has 0 bridgehead atoms. The second-order valence-electron chi connectivity index (χ2n) is 4.39. The molecular formula is C15H14Cl2N2O. The van der Waals surface area contributed by atoms with Gasteiger partial charge in [-0.2, -0.15) is 0 Å². The second-order valence-corrected chi connectivity index (χ2v) is 5.24. The van der Waals surface area contributed by atoms with Crippen molar-refractivity contribution in [2.24, 2.45) is 5.73 Å². The van der Waals surface area contributed by atoms with Crippen molar-refractivity contribution in [2.75, 3.05) is 5.32 Å². The number of carbonyl (C=O) groups excluding carboxylic acids is 1. The zero-order chi connectivity index (χ0) is 14.5. The molecule has 3 N–H and O–H groups in total. The normalized spacial score (nSPS) is 11.9. The molecule has 20 heavy (non-hydrogen) atoms. The van der Waals surface area contributed by atoms with Crippen LogP contribution < -0.4 is 11.1 Å². The van der Waals surface area contributed by atoms with Gasteiger partial charge in [0.1, 0.15) is 0 Å². The first-order valence-corrected chi connectivity index (χ1v) is 6.87. The molecule has 104 valence electrons. The first kappa shape index (κ1) is 14.9. The van der Waals surface area contributed by atoms with Gasteiger partial charge in [0.05, 0.1) is 10.7 Å². The lowest BCUT2D eigenvalue weighted by Gasteiger charge is -2.13. The van der Waals surface area contributed by atoms with Crippen molar-refractivity contribution in [3.05, 3.63) is 64.1 Å². The molecule has 0 saturated heterocycles. The third kappa shape index (κ3) is 3.97. The molecule has 1 amide bonds. The molecule has 2 aromatic rings. The molecule has 0 aliphatic carbocycles. The van der Waals surface area contributed by atoms with Gasteiger partial charge < -0.3 is 11.1 Å². The topological polar surface area (TPSA) is 55.1 Å². The highest BCUT2D eigenvalue weighted by atomic mass is 35.5. The predicted molar refractivity (Wildman–Crippen MR) is 83.1 cm³/mol. The first-order valence-electron chi connectivity index (χ1n) is 6.11. The monoisotopic (exact) mass is 308 g/mol. The van der Waals surface area contributed by atoms with E-state index in [9.17, 15) is 4.79 Å². The van der Waals surface area contributed by atoms with Crippen LogP contribution in [0, 0.1) is 0 Å². The highest BCUT2D eigenvalue weighted by Gasteiger charge is 2.12. The summed E-state index contributed by atoms with van der Waals surface area (Å²) in [6.45, 7) is 0. The van der Waals surface area contributed by atoms with Gasteiger partial charge in [-0.1, -0.05) is 53.5 Å². The van der Waals surface area contributed by atoms with Crippen LogP contribution in [-0.4, -0.2) is 5.91 Å². The quantitative estimate of drug-likeness (QED) is 0.896. The van der Waals surface area contributed by atoms with Crippen molar-refractivity contribution >= 4 is 34.8 Å². The minimum Gasteiger partial charge on any atom is -0.325 e. The van der Waals surface area contributed by atoms with Gasteiger partial charge in [0.15, 0.2) is 0 Å². The van der Waals surface area contributed by atoms with Gasteiger partial charge in [0, 0.05) is 17.5 Å². The van der Waals surface area contributed by atoms with E-state index in [0.29, 0.717) is 15.7 Å². The Morgan fingerprint density at radius 1 is 1.15 bits per heavy atom. The van der Waals surface area contributed by atoms with Gasteiger partial charge in [-0.3, -0.25) is 4.79 Å². The molecule has 1 unspecified atom stereocenters. The maximum absolute atomic E-state index is 12.0.